The normalized spacial score (nSPS) is 15.6. The van der Waals surface area contributed by atoms with Crippen LogP contribution < -0.4 is 4.74 Å². The van der Waals surface area contributed by atoms with E-state index in [-0.39, 0.29) is 6.10 Å². The minimum Gasteiger partial charge on any atom is -0.484 e. The SMILES string of the molecule is O=Cc1ccc(OC2CCc3c(-c4ccccc4)cccc32)c(Cl)c1. The largest absolute Gasteiger partial charge is 0.484 e. The maximum absolute atomic E-state index is 10.9. The predicted molar refractivity (Wildman–Crippen MR) is 100 cm³/mol. The van der Waals surface area contributed by atoms with Crippen LogP contribution in [0.4, 0.5) is 0 Å². The highest BCUT2D eigenvalue weighted by Gasteiger charge is 2.27. The smallest absolute Gasteiger partial charge is 0.150 e. The van der Waals surface area contributed by atoms with Gasteiger partial charge in [0.05, 0.1) is 5.02 Å². The Labute approximate surface area is 152 Å². The summed E-state index contributed by atoms with van der Waals surface area (Å²) in [5.74, 6) is 0.621. The van der Waals surface area contributed by atoms with Crippen LogP contribution in [0, 0.1) is 0 Å². The third-order valence-corrected chi connectivity index (χ3v) is 4.96. The van der Waals surface area contributed by atoms with Crippen LogP contribution in [0.3, 0.4) is 0 Å². The summed E-state index contributed by atoms with van der Waals surface area (Å²) in [6.07, 6.45) is 2.67. The van der Waals surface area contributed by atoms with Gasteiger partial charge in [0.1, 0.15) is 18.1 Å². The molecule has 1 aliphatic carbocycles. The second kappa shape index (κ2) is 6.73. The van der Waals surface area contributed by atoms with Gasteiger partial charge in [0.15, 0.2) is 0 Å². The number of carbonyl (C=O) groups excluding carboxylic acids is 1. The molecule has 0 aliphatic heterocycles. The second-order valence-electron chi connectivity index (χ2n) is 6.19. The molecule has 4 rings (SSSR count). The lowest BCUT2D eigenvalue weighted by Gasteiger charge is -2.17. The number of hydrogen-bond acceptors (Lipinski definition) is 2. The summed E-state index contributed by atoms with van der Waals surface area (Å²) in [5, 5.41) is 0.470. The van der Waals surface area contributed by atoms with Crippen molar-refractivity contribution in [3.63, 3.8) is 0 Å². The molecule has 0 amide bonds. The number of benzene rings is 3. The van der Waals surface area contributed by atoms with Gasteiger partial charge in [-0.25, -0.2) is 0 Å². The predicted octanol–water partition coefficient (Wildman–Crippen LogP) is 5.89. The quantitative estimate of drug-likeness (QED) is 0.550. The number of halogens is 1. The van der Waals surface area contributed by atoms with Crippen molar-refractivity contribution in [1.82, 2.24) is 0 Å². The first-order valence-corrected chi connectivity index (χ1v) is 8.72. The Morgan fingerprint density at radius 2 is 1.84 bits per heavy atom. The Hall–Kier alpha value is -2.58. The first-order chi connectivity index (χ1) is 12.3. The fraction of sp³-hybridized carbons (Fsp3) is 0.136. The molecule has 25 heavy (non-hydrogen) atoms. The molecular weight excluding hydrogens is 332 g/mol. The Balaban J connectivity index is 1.66. The molecule has 1 unspecified atom stereocenters. The molecule has 1 aliphatic rings. The lowest BCUT2D eigenvalue weighted by molar-refractivity contribution is 0.112. The van der Waals surface area contributed by atoms with Crippen molar-refractivity contribution in [2.45, 2.75) is 18.9 Å². The van der Waals surface area contributed by atoms with E-state index in [2.05, 4.69) is 42.5 Å². The number of rotatable bonds is 4. The zero-order valence-electron chi connectivity index (χ0n) is 13.6. The molecule has 0 spiro atoms. The van der Waals surface area contributed by atoms with Gasteiger partial charge < -0.3 is 4.74 Å². The van der Waals surface area contributed by atoms with E-state index >= 15 is 0 Å². The number of fused-ring (bicyclic) bond motifs is 1. The summed E-state index contributed by atoms with van der Waals surface area (Å²) in [6.45, 7) is 0. The minimum atomic E-state index is -0.0155. The van der Waals surface area contributed by atoms with Gasteiger partial charge >= 0.3 is 0 Å². The third-order valence-electron chi connectivity index (χ3n) is 4.66. The fourth-order valence-corrected chi connectivity index (χ4v) is 3.70. The summed E-state index contributed by atoms with van der Waals surface area (Å²) in [6, 6.07) is 21.9. The number of ether oxygens (including phenoxy) is 1. The third kappa shape index (κ3) is 3.06. The van der Waals surface area contributed by atoms with Gasteiger partial charge in [-0.1, -0.05) is 60.1 Å². The van der Waals surface area contributed by atoms with Gasteiger partial charge in [-0.05, 0) is 53.3 Å². The standard InChI is InChI=1S/C22H17ClO2/c23-20-13-15(14-24)9-11-22(20)25-21-12-10-18-17(7-4-8-19(18)21)16-5-2-1-3-6-16/h1-9,11,13-14,21H,10,12H2. The average molecular weight is 349 g/mol. The molecule has 0 saturated carbocycles. The van der Waals surface area contributed by atoms with Crippen molar-refractivity contribution in [3.8, 4) is 16.9 Å². The summed E-state index contributed by atoms with van der Waals surface area (Å²) in [4.78, 5) is 10.9. The maximum atomic E-state index is 10.9. The van der Waals surface area contributed by atoms with Crippen molar-refractivity contribution in [3.05, 3.63) is 88.4 Å². The molecule has 0 saturated heterocycles. The highest BCUT2D eigenvalue weighted by Crippen LogP contribution is 2.41. The summed E-state index contributed by atoms with van der Waals surface area (Å²) >= 11 is 6.26. The van der Waals surface area contributed by atoms with Crippen LogP contribution in [0.15, 0.2) is 66.7 Å². The summed E-state index contributed by atoms with van der Waals surface area (Å²) in [7, 11) is 0. The van der Waals surface area contributed by atoms with Crippen molar-refractivity contribution in [2.75, 3.05) is 0 Å². The van der Waals surface area contributed by atoms with E-state index in [1.165, 1.54) is 22.3 Å². The Morgan fingerprint density at radius 3 is 2.60 bits per heavy atom. The summed E-state index contributed by atoms with van der Waals surface area (Å²) < 4.78 is 6.18. The number of aldehydes is 1. The van der Waals surface area contributed by atoms with Crippen molar-refractivity contribution in [1.29, 1.82) is 0 Å². The molecule has 0 N–H and O–H groups in total. The van der Waals surface area contributed by atoms with Crippen LogP contribution in [0.5, 0.6) is 5.75 Å². The van der Waals surface area contributed by atoms with Gasteiger partial charge in [0.2, 0.25) is 0 Å². The first-order valence-electron chi connectivity index (χ1n) is 8.35. The highest BCUT2D eigenvalue weighted by molar-refractivity contribution is 6.32. The molecule has 0 heterocycles. The molecule has 0 aromatic heterocycles. The van der Waals surface area contributed by atoms with E-state index in [1.807, 2.05) is 6.07 Å². The number of carbonyl (C=O) groups is 1. The summed E-state index contributed by atoms with van der Waals surface area (Å²) in [5.41, 5.74) is 5.62. The topological polar surface area (TPSA) is 26.3 Å². The van der Waals surface area contributed by atoms with Crippen LogP contribution in [-0.2, 0) is 6.42 Å². The molecule has 0 fully saturated rings. The maximum Gasteiger partial charge on any atom is 0.150 e. The van der Waals surface area contributed by atoms with Gasteiger partial charge in [0.25, 0.3) is 0 Å². The van der Waals surface area contributed by atoms with Crippen LogP contribution in [0.2, 0.25) is 5.02 Å². The molecule has 3 heteroatoms. The van der Waals surface area contributed by atoms with E-state index in [1.54, 1.807) is 18.2 Å². The van der Waals surface area contributed by atoms with E-state index in [0.29, 0.717) is 16.3 Å². The molecule has 3 aromatic rings. The van der Waals surface area contributed by atoms with E-state index in [4.69, 9.17) is 16.3 Å². The molecule has 0 radical (unpaired) electrons. The van der Waals surface area contributed by atoms with Crippen molar-refractivity contribution in [2.24, 2.45) is 0 Å². The monoisotopic (exact) mass is 348 g/mol. The molecule has 3 aromatic carbocycles. The molecule has 124 valence electrons. The second-order valence-corrected chi connectivity index (χ2v) is 6.60. The highest BCUT2D eigenvalue weighted by atomic mass is 35.5. The Morgan fingerprint density at radius 1 is 1.00 bits per heavy atom. The van der Waals surface area contributed by atoms with Crippen molar-refractivity contribution < 1.29 is 9.53 Å². The average Bonchev–Trinajstić information content (AvgIpc) is 3.07. The van der Waals surface area contributed by atoms with Crippen LogP contribution in [-0.4, -0.2) is 6.29 Å². The van der Waals surface area contributed by atoms with Gasteiger partial charge in [-0.2, -0.15) is 0 Å². The van der Waals surface area contributed by atoms with Crippen LogP contribution in [0.1, 0.15) is 34.0 Å². The van der Waals surface area contributed by atoms with E-state index < -0.39 is 0 Å². The van der Waals surface area contributed by atoms with Crippen molar-refractivity contribution >= 4 is 17.9 Å². The Kier molecular flexibility index (Phi) is 4.29. The van der Waals surface area contributed by atoms with Gasteiger partial charge in [-0.3, -0.25) is 4.79 Å². The van der Waals surface area contributed by atoms with Gasteiger partial charge in [-0.15, -0.1) is 0 Å². The number of hydrogen-bond donors (Lipinski definition) is 0. The van der Waals surface area contributed by atoms with Gasteiger partial charge in [0, 0.05) is 5.56 Å². The van der Waals surface area contributed by atoms with E-state index in [0.717, 1.165) is 19.1 Å². The lowest BCUT2D eigenvalue weighted by Crippen LogP contribution is -2.04. The first kappa shape index (κ1) is 15.9. The van der Waals surface area contributed by atoms with Crippen LogP contribution in [0.25, 0.3) is 11.1 Å². The zero-order valence-corrected chi connectivity index (χ0v) is 14.4. The minimum absolute atomic E-state index is 0.0155. The fourth-order valence-electron chi connectivity index (χ4n) is 3.47. The lowest BCUT2D eigenvalue weighted by atomic mass is 9.97. The van der Waals surface area contributed by atoms with E-state index in [9.17, 15) is 4.79 Å². The Bertz CT molecular complexity index is 919. The zero-order chi connectivity index (χ0) is 17.2. The van der Waals surface area contributed by atoms with Crippen LogP contribution >= 0.6 is 11.6 Å². The molecular formula is C22H17ClO2. The molecule has 0 bridgehead atoms. The molecule has 2 nitrogen and oxygen atoms in total. The molecule has 1 atom stereocenters.